The molecule has 0 saturated heterocycles. The van der Waals surface area contributed by atoms with Gasteiger partial charge in [-0.1, -0.05) is 20.8 Å². The van der Waals surface area contributed by atoms with Gasteiger partial charge in [0.25, 0.3) is 0 Å². The van der Waals surface area contributed by atoms with Crippen LogP contribution in [-0.4, -0.2) is 17.7 Å². The van der Waals surface area contributed by atoms with Gasteiger partial charge >= 0.3 is 12.1 Å². The van der Waals surface area contributed by atoms with E-state index in [0.717, 1.165) is 0 Å². The molecule has 0 aliphatic carbocycles. The molecule has 0 N–H and O–H groups in total. The average Bonchev–Trinajstić information content (AvgIpc) is 1.70. The second-order valence-electron chi connectivity index (χ2n) is 5.87. The van der Waals surface area contributed by atoms with E-state index >= 15 is 0 Å². The van der Waals surface area contributed by atoms with Crippen LogP contribution >= 0.6 is 0 Å². The van der Waals surface area contributed by atoms with E-state index in [1.165, 1.54) is 20.8 Å². The van der Waals surface area contributed by atoms with Gasteiger partial charge in [-0.15, -0.1) is 0 Å². The van der Waals surface area contributed by atoms with Crippen molar-refractivity contribution in [3.8, 4) is 0 Å². The highest BCUT2D eigenvalue weighted by molar-refractivity contribution is 5.74. The second kappa shape index (κ2) is 4.26. The molecule has 0 bridgehead atoms. The summed E-state index contributed by atoms with van der Waals surface area (Å²) in [4.78, 5) is 11.5. The van der Waals surface area contributed by atoms with Crippen molar-refractivity contribution >= 4 is 5.97 Å². The number of carbonyl (C=O) groups is 1. The molecule has 1 unspecified atom stereocenters. The lowest BCUT2D eigenvalue weighted by Crippen LogP contribution is -2.43. The third-order valence-corrected chi connectivity index (χ3v) is 1.84. The number of ether oxygens (including phenoxy) is 1. The van der Waals surface area contributed by atoms with Gasteiger partial charge in [0.15, 0.2) is 5.92 Å². The van der Waals surface area contributed by atoms with E-state index in [4.69, 9.17) is 4.74 Å². The standard InChI is InChI=1S/C11H19F3O2/c1-9(2,3)7(11(12,13)14)8(15)16-10(4,5)6/h7H,1-6H3. The number of rotatable bonds is 1. The first-order chi connectivity index (χ1) is 6.75. The van der Waals surface area contributed by atoms with Crippen LogP contribution in [0, 0.1) is 11.3 Å². The Morgan fingerprint density at radius 1 is 1.00 bits per heavy atom. The van der Waals surface area contributed by atoms with E-state index in [-0.39, 0.29) is 0 Å². The number of hydrogen-bond donors (Lipinski definition) is 0. The van der Waals surface area contributed by atoms with Crippen molar-refractivity contribution in [2.75, 3.05) is 0 Å². The van der Waals surface area contributed by atoms with Crippen molar-refractivity contribution in [2.24, 2.45) is 11.3 Å². The summed E-state index contributed by atoms with van der Waals surface area (Å²) in [6.07, 6.45) is -4.58. The van der Waals surface area contributed by atoms with Crippen molar-refractivity contribution in [2.45, 2.75) is 53.3 Å². The molecule has 0 aromatic carbocycles. The Labute approximate surface area is 94.2 Å². The van der Waals surface area contributed by atoms with Gasteiger partial charge in [-0.3, -0.25) is 4.79 Å². The van der Waals surface area contributed by atoms with Crippen molar-refractivity contribution in [3.63, 3.8) is 0 Å². The van der Waals surface area contributed by atoms with Gasteiger partial charge in [0.1, 0.15) is 5.60 Å². The second-order valence-corrected chi connectivity index (χ2v) is 5.87. The van der Waals surface area contributed by atoms with E-state index in [2.05, 4.69) is 0 Å². The Morgan fingerprint density at radius 2 is 1.38 bits per heavy atom. The van der Waals surface area contributed by atoms with Crippen molar-refractivity contribution in [1.82, 2.24) is 0 Å². The molecule has 0 aromatic heterocycles. The zero-order valence-electron chi connectivity index (χ0n) is 10.5. The Kier molecular flexibility index (Phi) is 4.06. The summed E-state index contributed by atoms with van der Waals surface area (Å²) in [6, 6.07) is 0. The van der Waals surface area contributed by atoms with Crippen LogP contribution in [0.5, 0.6) is 0 Å². The fourth-order valence-electron chi connectivity index (χ4n) is 1.34. The Bertz CT molecular complexity index is 242. The van der Waals surface area contributed by atoms with Crippen molar-refractivity contribution < 1.29 is 22.7 Å². The molecule has 0 rings (SSSR count). The number of alkyl halides is 3. The molecule has 0 aliphatic rings. The molecule has 96 valence electrons. The predicted molar refractivity (Wildman–Crippen MR) is 54.8 cm³/mol. The number of halogens is 3. The smallest absolute Gasteiger partial charge is 0.402 e. The Morgan fingerprint density at radius 3 is 1.56 bits per heavy atom. The van der Waals surface area contributed by atoms with Crippen molar-refractivity contribution in [1.29, 1.82) is 0 Å². The fraction of sp³-hybridized carbons (Fsp3) is 0.909. The molecule has 2 nitrogen and oxygen atoms in total. The van der Waals surface area contributed by atoms with Gasteiger partial charge in [-0.05, 0) is 26.2 Å². The third kappa shape index (κ3) is 4.86. The summed E-state index contributed by atoms with van der Waals surface area (Å²) in [5.41, 5.74) is -2.12. The molecule has 1 atom stereocenters. The van der Waals surface area contributed by atoms with E-state index in [0.29, 0.717) is 0 Å². The summed E-state index contributed by atoms with van der Waals surface area (Å²) in [5, 5.41) is 0. The van der Waals surface area contributed by atoms with Crippen LogP contribution in [-0.2, 0) is 9.53 Å². The minimum atomic E-state index is -4.58. The van der Waals surface area contributed by atoms with Gasteiger partial charge in [0.05, 0.1) is 0 Å². The van der Waals surface area contributed by atoms with Crippen LogP contribution in [0.3, 0.4) is 0 Å². The molecule has 16 heavy (non-hydrogen) atoms. The largest absolute Gasteiger partial charge is 0.459 e. The Balaban J connectivity index is 5.03. The van der Waals surface area contributed by atoms with Gasteiger partial charge < -0.3 is 4.74 Å². The maximum Gasteiger partial charge on any atom is 0.402 e. The average molecular weight is 240 g/mol. The molecule has 0 heterocycles. The highest BCUT2D eigenvalue weighted by atomic mass is 19.4. The molecule has 0 radical (unpaired) electrons. The molecule has 0 fully saturated rings. The minimum absolute atomic E-state index is 0.911. The zero-order valence-corrected chi connectivity index (χ0v) is 10.5. The van der Waals surface area contributed by atoms with Crippen molar-refractivity contribution in [3.05, 3.63) is 0 Å². The SMILES string of the molecule is CC(C)(C)OC(=O)C(C(C)(C)C)C(F)(F)F. The van der Waals surface area contributed by atoms with Crippen LogP contribution in [0.15, 0.2) is 0 Å². The molecule has 0 aromatic rings. The zero-order chi connectivity index (χ0) is 13.4. The molecule has 0 saturated carbocycles. The van der Waals surface area contributed by atoms with Crippen LogP contribution in [0.2, 0.25) is 0 Å². The molecule has 0 aliphatic heterocycles. The summed E-state index contributed by atoms with van der Waals surface area (Å²) in [6.45, 7) is 8.74. The lowest BCUT2D eigenvalue weighted by Gasteiger charge is -2.32. The maximum absolute atomic E-state index is 12.7. The first kappa shape index (κ1) is 15.3. The van der Waals surface area contributed by atoms with Crippen LogP contribution in [0.4, 0.5) is 13.2 Å². The van der Waals surface area contributed by atoms with Gasteiger partial charge in [0.2, 0.25) is 0 Å². The molecule has 5 heteroatoms. The predicted octanol–water partition coefficient (Wildman–Crippen LogP) is 3.55. The van der Waals surface area contributed by atoms with E-state index in [1.807, 2.05) is 0 Å². The highest BCUT2D eigenvalue weighted by Crippen LogP contribution is 2.40. The minimum Gasteiger partial charge on any atom is -0.459 e. The number of hydrogen-bond acceptors (Lipinski definition) is 2. The normalized spacial score (nSPS) is 15.8. The van der Waals surface area contributed by atoms with Gasteiger partial charge in [0, 0.05) is 0 Å². The maximum atomic E-state index is 12.7. The summed E-state index contributed by atoms with van der Waals surface area (Å²) in [7, 11) is 0. The summed E-state index contributed by atoms with van der Waals surface area (Å²) >= 11 is 0. The van der Waals surface area contributed by atoms with E-state index < -0.39 is 29.1 Å². The molecular formula is C11H19F3O2. The fourth-order valence-corrected chi connectivity index (χ4v) is 1.34. The monoisotopic (exact) mass is 240 g/mol. The number of carbonyl (C=O) groups excluding carboxylic acids is 1. The lowest BCUT2D eigenvalue weighted by atomic mass is 9.80. The van der Waals surface area contributed by atoms with E-state index in [9.17, 15) is 18.0 Å². The van der Waals surface area contributed by atoms with Crippen LogP contribution < -0.4 is 0 Å². The van der Waals surface area contributed by atoms with Crippen LogP contribution in [0.1, 0.15) is 41.5 Å². The lowest BCUT2D eigenvalue weighted by molar-refractivity contribution is -0.221. The number of esters is 1. The first-order valence-corrected chi connectivity index (χ1v) is 5.05. The highest BCUT2D eigenvalue weighted by Gasteiger charge is 2.53. The van der Waals surface area contributed by atoms with Gasteiger partial charge in [-0.25, -0.2) is 0 Å². The third-order valence-electron chi connectivity index (χ3n) is 1.84. The van der Waals surface area contributed by atoms with Crippen LogP contribution in [0.25, 0.3) is 0 Å². The Hall–Kier alpha value is -0.740. The molecule has 0 spiro atoms. The quantitative estimate of drug-likeness (QED) is 0.655. The summed E-state index contributed by atoms with van der Waals surface area (Å²) in [5.74, 6) is -3.31. The summed E-state index contributed by atoms with van der Waals surface area (Å²) < 4.78 is 43.0. The van der Waals surface area contributed by atoms with E-state index in [1.54, 1.807) is 20.8 Å². The topological polar surface area (TPSA) is 26.3 Å². The van der Waals surface area contributed by atoms with Gasteiger partial charge in [-0.2, -0.15) is 13.2 Å². The molecule has 0 amide bonds. The molecular weight excluding hydrogens is 221 g/mol. The first-order valence-electron chi connectivity index (χ1n) is 5.05.